The lowest BCUT2D eigenvalue weighted by Crippen LogP contribution is -2.40. The number of urea groups is 1. The molecule has 0 aliphatic rings. The Bertz CT molecular complexity index is 158. The molecule has 0 bridgehead atoms. The number of nitrogens with zero attached hydrogens (tertiary/aromatic N) is 1. The van der Waals surface area contributed by atoms with Crippen molar-refractivity contribution < 1.29 is 9.59 Å². The molecule has 0 rings (SSSR count). The van der Waals surface area contributed by atoms with Gasteiger partial charge in [-0.25, -0.2) is 4.79 Å². The zero-order valence-corrected chi connectivity index (χ0v) is 6.76. The Morgan fingerprint density at radius 1 is 1.55 bits per heavy atom. The molecule has 0 radical (unpaired) electrons. The largest absolute Gasteiger partial charge is 0.355 e. The SMILES string of the molecule is CCNC(=O)CN(C)C(N)=O. The molecule has 0 aromatic carbocycles. The maximum Gasteiger partial charge on any atom is 0.314 e. The second-order valence-corrected chi connectivity index (χ2v) is 2.15. The predicted molar refractivity (Wildman–Crippen MR) is 40.9 cm³/mol. The number of hydrogen-bond acceptors (Lipinski definition) is 2. The molecule has 11 heavy (non-hydrogen) atoms. The molecule has 0 aromatic rings. The van der Waals surface area contributed by atoms with E-state index >= 15 is 0 Å². The molecule has 0 saturated heterocycles. The molecule has 3 N–H and O–H groups in total. The Morgan fingerprint density at radius 2 is 2.09 bits per heavy atom. The molecule has 5 nitrogen and oxygen atoms in total. The number of primary amides is 1. The van der Waals surface area contributed by atoms with Gasteiger partial charge in [0, 0.05) is 13.6 Å². The van der Waals surface area contributed by atoms with E-state index in [-0.39, 0.29) is 12.5 Å². The molecule has 0 heterocycles. The van der Waals surface area contributed by atoms with Gasteiger partial charge in [-0.1, -0.05) is 0 Å². The number of nitrogens with two attached hydrogens (primary N) is 1. The van der Waals surface area contributed by atoms with E-state index < -0.39 is 6.03 Å². The quantitative estimate of drug-likeness (QED) is 0.561. The molecule has 5 heteroatoms. The van der Waals surface area contributed by atoms with Gasteiger partial charge in [-0.05, 0) is 6.92 Å². The van der Waals surface area contributed by atoms with Crippen molar-refractivity contribution >= 4 is 11.9 Å². The van der Waals surface area contributed by atoms with Gasteiger partial charge in [-0.15, -0.1) is 0 Å². The summed E-state index contributed by atoms with van der Waals surface area (Å²) in [7, 11) is 1.47. The van der Waals surface area contributed by atoms with Crippen molar-refractivity contribution in [2.75, 3.05) is 20.1 Å². The maximum absolute atomic E-state index is 10.8. The van der Waals surface area contributed by atoms with Crippen molar-refractivity contribution in [3.05, 3.63) is 0 Å². The Balaban J connectivity index is 3.66. The number of nitrogens with one attached hydrogen (secondary N) is 1. The summed E-state index contributed by atoms with van der Waals surface area (Å²) in [5, 5.41) is 2.54. The molecule has 0 aliphatic carbocycles. The number of carbonyl (C=O) groups is 2. The maximum atomic E-state index is 10.8. The van der Waals surface area contributed by atoms with Crippen molar-refractivity contribution in [1.82, 2.24) is 10.2 Å². The molecule has 0 unspecified atom stereocenters. The Labute approximate surface area is 65.5 Å². The molecule has 64 valence electrons. The first kappa shape index (κ1) is 9.74. The van der Waals surface area contributed by atoms with Crippen LogP contribution in [0.3, 0.4) is 0 Å². The van der Waals surface area contributed by atoms with Crippen LogP contribution in [0.2, 0.25) is 0 Å². The topological polar surface area (TPSA) is 75.4 Å². The highest BCUT2D eigenvalue weighted by atomic mass is 16.2. The van der Waals surface area contributed by atoms with Crippen LogP contribution in [0, 0.1) is 0 Å². The third kappa shape index (κ3) is 4.19. The molecule has 0 aliphatic heterocycles. The summed E-state index contributed by atoms with van der Waals surface area (Å²) in [5.41, 5.74) is 4.89. The van der Waals surface area contributed by atoms with Crippen molar-refractivity contribution in [2.45, 2.75) is 6.92 Å². The van der Waals surface area contributed by atoms with Gasteiger partial charge in [0.2, 0.25) is 5.91 Å². The Morgan fingerprint density at radius 3 is 2.45 bits per heavy atom. The fraction of sp³-hybridized carbons (Fsp3) is 0.667. The van der Waals surface area contributed by atoms with Crippen LogP contribution in [0.1, 0.15) is 6.92 Å². The monoisotopic (exact) mass is 159 g/mol. The summed E-state index contributed by atoms with van der Waals surface area (Å²) < 4.78 is 0. The number of carbonyl (C=O) groups excluding carboxylic acids is 2. The first-order chi connectivity index (χ1) is 5.07. The zero-order chi connectivity index (χ0) is 8.85. The highest BCUT2D eigenvalue weighted by Crippen LogP contribution is 1.79. The predicted octanol–water partition coefficient (Wildman–Crippen LogP) is -0.867. The molecular weight excluding hydrogens is 146 g/mol. The molecular formula is C6H13N3O2. The van der Waals surface area contributed by atoms with Crippen LogP contribution in [0.25, 0.3) is 0 Å². The minimum Gasteiger partial charge on any atom is -0.355 e. The highest BCUT2D eigenvalue weighted by Gasteiger charge is 2.07. The van der Waals surface area contributed by atoms with Crippen LogP contribution in [0.4, 0.5) is 4.79 Å². The van der Waals surface area contributed by atoms with Crippen LogP contribution in [-0.2, 0) is 4.79 Å². The van der Waals surface area contributed by atoms with Crippen LogP contribution >= 0.6 is 0 Å². The van der Waals surface area contributed by atoms with Crippen LogP contribution in [0.15, 0.2) is 0 Å². The summed E-state index contributed by atoms with van der Waals surface area (Å²) in [6, 6.07) is -0.601. The van der Waals surface area contributed by atoms with Gasteiger partial charge in [-0.2, -0.15) is 0 Å². The van der Waals surface area contributed by atoms with Crippen LogP contribution in [0.5, 0.6) is 0 Å². The third-order valence-electron chi connectivity index (χ3n) is 1.13. The molecule has 0 saturated carbocycles. The van der Waals surface area contributed by atoms with Gasteiger partial charge in [0.1, 0.15) is 6.54 Å². The minimum atomic E-state index is -0.601. The number of likely N-dealkylation sites (N-methyl/N-ethyl adjacent to an activating group) is 2. The van der Waals surface area contributed by atoms with Gasteiger partial charge < -0.3 is 16.0 Å². The lowest BCUT2D eigenvalue weighted by molar-refractivity contribution is -0.121. The minimum absolute atomic E-state index is 0.0170. The highest BCUT2D eigenvalue weighted by molar-refractivity contribution is 5.83. The number of rotatable bonds is 3. The van der Waals surface area contributed by atoms with Crippen LogP contribution < -0.4 is 11.1 Å². The van der Waals surface area contributed by atoms with E-state index in [0.717, 1.165) is 4.90 Å². The lowest BCUT2D eigenvalue weighted by Gasteiger charge is -2.12. The first-order valence-electron chi connectivity index (χ1n) is 3.35. The molecule has 0 atom stereocenters. The Hall–Kier alpha value is -1.26. The van der Waals surface area contributed by atoms with Gasteiger partial charge in [0.05, 0.1) is 0 Å². The zero-order valence-electron chi connectivity index (χ0n) is 6.76. The van der Waals surface area contributed by atoms with Gasteiger partial charge in [0.15, 0.2) is 0 Å². The first-order valence-corrected chi connectivity index (χ1v) is 3.35. The van der Waals surface area contributed by atoms with Gasteiger partial charge >= 0.3 is 6.03 Å². The van der Waals surface area contributed by atoms with Crippen molar-refractivity contribution in [2.24, 2.45) is 5.73 Å². The lowest BCUT2D eigenvalue weighted by atomic mass is 10.5. The van der Waals surface area contributed by atoms with Crippen molar-refractivity contribution in [3.63, 3.8) is 0 Å². The summed E-state index contributed by atoms with van der Waals surface area (Å²) in [6.45, 7) is 2.39. The average molecular weight is 159 g/mol. The normalized spacial score (nSPS) is 8.91. The average Bonchev–Trinajstić information content (AvgIpc) is 1.87. The van der Waals surface area contributed by atoms with Gasteiger partial charge in [0.25, 0.3) is 0 Å². The van der Waals surface area contributed by atoms with E-state index in [2.05, 4.69) is 5.32 Å². The van der Waals surface area contributed by atoms with Crippen molar-refractivity contribution in [3.8, 4) is 0 Å². The number of hydrogen-bond donors (Lipinski definition) is 2. The summed E-state index contributed by atoms with van der Waals surface area (Å²) in [4.78, 5) is 22.3. The van der Waals surface area contributed by atoms with Crippen LogP contribution in [-0.4, -0.2) is 37.0 Å². The summed E-state index contributed by atoms with van der Waals surface area (Å²) >= 11 is 0. The van der Waals surface area contributed by atoms with E-state index in [4.69, 9.17) is 5.73 Å². The van der Waals surface area contributed by atoms with Gasteiger partial charge in [-0.3, -0.25) is 4.79 Å². The van der Waals surface area contributed by atoms with E-state index in [1.54, 1.807) is 0 Å². The summed E-state index contributed by atoms with van der Waals surface area (Å²) in [5.74, 6) is -0.200. The molecule has 0 aromatic heterocycles. The fourth-order valence-electron chi connectivity index (χ4n) is 0.546. The standard InChI is InChI=1S/C6H13N3O2/c1-3-8-5(10)4-9(2)6(7)11/h3-4H2,1-2H3,(H2,7,11)(H,8,10). The van der Waals surface area contributed by atoms with E-state index in [9.17, 15) is 9.59 Å². The van der Waals surface area contributed by atoms with Crippen molar-refractivity contribution in [1.29, 1.82) is 0 Å². The molecule has 3 amide bonds. The smallest absolute Gasteiger partial charge is 0.314 e. The van der Waals surface area contributed by atoms with E-state index in [0.29, 0.717) is 6.54 Å². The Kier molecular flexibility index (Phi) is 4.02. The second kappa shape index (κ2) is 4.54. The third-order valence-corrected chi connectivity index (χ3v) is 1.13. The van der Waals surface area contributed by atoms with E-state index in [1.807, 2.05) is 6.92 Å². The summed E-state index contributed by atoms with van der Waals surface area (Å²) in [6.07, 6.45) is 0. The fourth-order valence-corrected chi connectivity index (χ4v) is 0.546. The molecule has 0 spiro atoms. The number of amides is 3. The van der Waals surface area contributed by atoms with E-state index in [1.165, 1.54) is 7.05 Å². The molecule has 0 fully saturated rings. The second-order valence-electron chi connectivity index (χ2n) is 2.15.